The smallest absolute Gasteiger partial charge is 0.216 e. The first-order chi connectivity index (χ1) is 9.09. The zero-order chi connectivity index (χ0) is 13.7. The molecule has 0 unspecified atom stereocenters. The van der Waals surface area contributed by atoms with E-state index < -0.39 is 10.0 Å². The summed E-state index contributed by atoms with van der Waals surface area (Å²) in [4.78, 5) is 0.985. The monoisotopic (exact) mass is 297 g/mol. The maximum absolute atomic E-state index is 11.9. The highest BCUT2D eigenvalue weighted by Crippen LogP contribution is 2.11. The van der Waals surface area contributed by atoms with Crippen molar-refractivity contribution in [1.29, 1.82) is 0 Å². The van der Waals surface area contributed by atoms with E-state index in [0.717, 1.165) is 10.4 Å². The third-order valence-electron chi connectivity index (χ3n) is 2.61. The number of sulfonamides is 1. The van der Waals surface area contributed by atoms with Gasteiger partial charge in [0, 0.05) is 11.4 Å². The van der Waals surface area contributed by atoms with Gasteiger partial charge in [-0.15, -0.1) is 11.3 Å². The Labute approximate surface area is 116 Å². The Morgan fingerprint density at radius 1 is 1.11 bits per heavy atom. The van der Waals surface area contributed by atoms with Crippen LogP contribution in [-0.4, -0.2) is 13.5 Å². The fourth-order valence-electron chi connectivity index (χ4n) is 1.61. The minimum atomic E-state index is -3.34. The lowest BCUT2D eigenvalue weighted by Gasteiger charge is -2.06. The molecule has 0 amide bonds. The first-order valence-electron chi connectivity index (χ1n) is 5.77. The summed E-state index contributed by atoms with van der Waals surface area (Å²) in [7, 11) is -3.34. The second-order valence-electron chi connectivity index (χ2n) is 4.13. The van der Waals surface area contributed by atoms with Crippen molar-refractivity contribution in [2.75, 3.05) is 0 Å². The van der Waals surface area contributed by atoms with E-state index in [1.165, 1.54) is 11.3 Å². The minimum Gasteiger partial charge on any atom is -0.392 e. The Morgan fingerprint density at radius 2 is 1.79 bits per heavy atom. The number of hydrogen-bond acceptors (Lipinski definition) is 4. The summed E-state index contributed by atoms with van der Waals surface area (Å²) in [6, 6.07) is 10.7. The third-order valence-corrected chi connectivity index (χ3v) is 4.78. The Hall–Kier alpha value is -1.21. The molecule has 0 spiro atoms. The van der Waals surface area contributed by atoms with Crippen molar-refractivity contribution < 1.29 is 13.5 Å². The van der Waals surface area contributed by atoms with Crippen LogP contribution in [0.1, 0.15) is 16.0 Å². The van der Waals surface area contributed by atoms with Crippen LogP contribution in [0.15, 0.2) is 41.8 Å². The second kappa shape index (κ2) is 6.29. The fraction of sp³-hybridized carbons (Fsp3) is 0.231. The highest BCUT2D eigenvalue weighted by atomic mass is 32.2. The summed E-state index contributed by atoms with van der Waals surface area (Å²) in [6.45, 7) is 0.290. The largest absolute Gasteiger partial charge is 0.392 e. The van der Waals surface area contributed by atoms with Crippen molar-refractivity contribution in [2.24, 2.45) is 0 Å². The minimum absolute atomic E-state index is 0.0380. The Kier molecular flexibility index (Phi) is 4.71. The van der Waals surface area contributed by atoms with Gasteiger partial charge in [0.05, 0.1) is 12.4 Å². The van der Waals surface area contributed by atoms with Gasteiger partial charge in [-0.1, -0.05) is 30.3 Å². The predicted molar refractivity (Wildman–Crippen MR) is 76.1 cm³/mol. The molecule has 0 saturated heterocycles. The third kappa shape index (κ3) is 4.43. The Morgan fingerprint density at radius 3 is 2.37 bits per heavy atom. The quantitative estimate of drug-likeness (QED) is 0.855. The lowest BCUT2D eigenvalue weighted by molar-refractivity contribution is 0.282. The highest BCUT2D eigenvalue weighted by molar-refractivity contribution is 7.88. The van der Waals surface area contributed by atoms with Crippen molar-refractivity contribution in [1.82, 2.24) is 4.72 Å². The van der Waals surface area contributed by atoms with Crippen LogP contribution in [-0.2, 0) is 28.9 Å². The molecular weight excluding hydrogens is 282 g/mol. The lowest BCUT2D eigenvalue weighted by atomic mass is 10.2. The molecule has 0 aliphatic carbocycles. The zero-order valence-electron chi connectivity index (χ0n) is 10.2. The molecule has 0 aliphatic heterocycles. The van der Waals surface area contributed by atoms with Gasteiger partial charge in [0.25, 0.3) is 0 Å². The van der Waals surface area contributed by atoms with Crippen LogP contribution in [0.5, 0.6) is 0 Å². The van der Waals surface area contributed by atoms with Gasteiger partial charge in [0.1, 0.15) is 0 Å². The van der Waals surface area contributed by atoms with Gasteiger partial charge >= 0.3 is 0 Å². The van der Waals surface area contributed by atoms with Gasteiger partial charge in [0.2, 0.25) is 10.0 Å². The molecule has 0 fully saturated rings. The van der Waals surface area contributed by atoms with E-state index >= 15 is 0 Å². The Bertz CT molecular complexity index is 604. The van der Waals surface area contributed by atoms with Crippen LogP contribution in [0.3, 0.4) is 0 Å². The molecule has 6 heteroatoms. The van der Waals surface area contributed by atoms with Gasteiger partial charge in [0.15, 0.2) is 0 Å². The molecular formula is C13H15NO3S2. The first-order valence-corrected chi connectivity index (χ1v) is 8.31. The van der Waals surface area contributed by atoms with Crippen LogP contribution in [0.4, 0.5) is 0 Å². The van der Waals surface area contributed by atoms with Gasteiger partial charge < -0.3 is 5.11 Å². The molecule has 0 aliphatic rings. The maximum Gasteiger partial charge on any atom is 0.216 e. The number of nitrogens with one attached hydrogen (secondary N) is 1. The molecule has 2 rings (SSSR count). The molecule has 19 heavy (non-hydrogen) atoms. The molecule has 1 aromatic heterocycles. The maximum atomic E-state index is 11.9. The number of benzene rings is 1. The summed E-state index contributed by atoms with van der Waals surface area (Å²) in [6.07, 6.45) is 0. The zero-order valence-corrected chi connectivity index (χ0v) is 11.9. The van der Waals surface area contributed by atoms with Crippen LogP contribution < -0.4 is 4.72 Å². The average Bonchev–Trinajstić information content (AvgIpc) is 2.90. The fourth-order valence-corrected chi connectivity index (χ4v) is 3.45. The summed E-state index contributed by atoms with van der Waals surface area (Å²) in [5.74, 6) is -0.0515. The van der Waals surface area contributed by atoms with Crippen LogP contribution in [0.2, 0.25) is 0 Å². The molecule has 0 radical (unpaired) electrons. The molecule has 0 bridgehead atoms. The van der Waals surface area contributed by atoms with Crippen LogP contribution in [0, 0.1) is 0 Å². The predicted octanol–water partition coefficient (Wildman–Crippen LogP) is 1.86. The topological polar surface area (TPSA) is 66.4 Å². The molecule has 2 N–H and O–H groups in total. The van der Waals surface area contributed by atoms with Gasteiger partial charge in [-0.05, 0) is 22.6 Å². The van der Waals surface area contributed by atoms with Gasteiger partial charge in [-0.3, -0.25) is 0 Å². The van der Waals surface area contributed by atoms with Crippen LogP contribution >= 0.6 is 11.3 Å². The van der Waals surface area contributed by atoms with Gasteiger partial charge in [-0.2, -0.15) is 0 Å². The summed E-state index contributed by atoms with van der Waals surface area (Å²) < 4.78 is 26.4. The van der Waals surface area contributed by atoms with Crippen LogP contribution in [0.25, 0.3) is 0 Å². The SMILES string of the molecule is O=S(=O)(Cc1ccc(CO)cc1)NCc1cccs1. The van der Waals surface area contributed by atoms with Crippen molar-refractivity contribution >= 4 is 21.4 Å². The van der Waals surface area contributed by atoms with E-state index in [0.29, 0.717) is 12.1 Å². The molecule has 4 nitrogen and oxygen atoms in total. The number of aliphatic hydroxyl groups is 1. The van der Waals surface area contributed by atoms with E-state index in [9.17, 15) is 8.42 Å². The van der Waals surface area contributed by atoms with E-state index in [-0.39, 0.29) is 12.4 Å². The van der Waals surface area contributed by atoms with Crippen molar-refractivity contribution in [3.8, 4) is 0 Å². The molecule has 0 saturated carbocycles. The summed E-state index contributed by atoms with van der Waals surface area (Å²) >= 11 is 1.52. The first kappa shape index (κ1) is 14.2. The number of hydrogen-bond donors (Lipinski definition) is 2. The highest BCUT2D eigenvalue weighted by Gasteiger charge is 2.11. The number of rotatable bonds is 6. The number of thiophene rings is 1. The van der Waals surface area contributed by atoms with E-state index in [1.54, 1.807) is 24.3 Å². The van der Waals surface area contributed by atoms with Gasteiger partial charge in [-0.25, -0.2) is 13.1 Å². The van der Waals surface area contributed by atoms with E-state index in [2.05, 4.69) is 4.72 Å². The lowest BCUT2D eigenvalue weighted by Crippen LogP contribution is -2.24. The second-order valence-corrected chi connectivity index (χ2v) is 6.97. The number of aliphatic hydroxyl groups excluding tert-OH is 1. The van der Waals surface area contributed by atoms with E-state index in [1.807, 2.05) is 17.5 Å². The molecule has 1 aromatic carbocycles. The summed E-state index contributed by atoms with van der Waals surface area (Å²) in [5.41, 5.74) is 1.48. The molecule has 102 valence electrons. The average molecular weight is 297 g/mol. The standard InChI is InChI=1S/C13H15NO3S2/c15-9-11-3-5-12(6-4-11)10-19(16,17)14-8-13-2-1-7-18-13/h1-7,14-15H,8-10H2. The molecule has 0 atom stereocenters. The molecule has 1 heterocycles. The Balaban J connectivity index is 1.96. The van der Waals surface area contributed by atoms with Crippen molar-refractivity contribution in [3.63, 3.8) is 0 Å². The van der Waals surface area contributed by atoms with Crippen molar-refractivity contribution in [3.05, 3.63) is 57.8 Å². The summed E-state index contributed by atoms with van der Waals surface area (Å²) in [5, 5.41) is 10.8. The molecule has 2 aromatic rings. The van der Waals surface area contributed by atoms with E-state index in [4.69, 9.17) is 5.11 Å². The van der Waals surface area contributed by atoms with Crippen molar-refractivity contribution in [2.45, 2.75) is 18.9 Å². The normalized spacial score (nSPS) is 11.6.